The average molecular weight is 302 g/mol. The summed E-state index contributed by atoms with van der Waals surface area (Å²) in [5.41, 5.74) is 4.70. The Kier molecular flexibility index (Phi) is 5.33. The summed E-state index contributed by atoms with van der Waals surface area (Å²) >= 11 is 5.32. The van der Waals surface area contributed by atoms with E-state index in [1.165, 1.54) is 16.7 Å². The highest BCUT2D eigenvalue weighted by atomic mass is 32.1. The van der Waals surface area contributed by atoms with Crippen LogP contribution in [0.25, 0.3) is 0 Å². The van der Waals surface area contributed by atoms with Crippen LogP contribution in [0.2, 0.25) is 0 Å². The summed E-state index contributed by atoms with van der Waals surface area (Å²) in [4.78, 5) is 0. The van der Waals surface area contributed by atoms with Gasteiger partial charge in [-0.15, -0.1) is 0 Å². The fourth-order valence-corrected chi connectivity index (χ4v) is 2.36. The van der Waals surface area contributed by atoms with E-state index in [1.54, 1.807) is 0 Å². The standard InChI is InChI=1S/C16H22N4S/c1-12-5-6-15(14(3)9-12)19-16(21)17-7-4-8-20-11-13(2)10-18-20/h5-6,9-11H,4,7-8H2,1-3H3,(H2,17,19,21). The SMILES string of the molecule is Cc1ccc(NC(=S)NCCCn2cc(C)cn2)c(C)c1. The van der Waals surface area contributed by atoms with Crippen LogP contribution in [0.15, 0.2) is 30.6 Å². The second-order valence-electron chi connectivity index (χ2n) is 5.33. The molecule has 112 valence electrons. The van der Waals surface area contributed by atoms with Crippen LogP contribution in [0.5, 0.6) is 0 Å². The van der Waals surface area contributed by atoms with Gasteiger partial charge < -0.3 is 10.6 Å². The van der Waals surface area contributed by atoms with Crippen LogP contribution in [-0.4, -0.2) is 21.4 Å². The molecule has 0 aliphatic rings. The molecule has 4 nitrogen and oxygen atoms in total. The Balaban J connectivity index is 1.72. The molecular weight excluding hydrogens is 280 g/mol. The molecule has 0 amide bonds. The maximum Gasteiger partial charge on any atom is 0.170 e. The Bertz CT molecular complexity index is 618. The first-order valence-electron chi connectivity index (χ1n) is 7.16. The maximum atomic E-state index is 5.32. The number of thiocarbonyl (C=S) groups is 1. The van der Waals surface area contributed by atoms with E-state index in [2.05, 4.69) is 47.8 Å². The molecule has 0 bridgehead atoms. The van der Waals surface area contributed by atoms with E-state index in [9.17, 15) is 0 Å². The highest BCUT2D eigenvalue weighted by Gasteiger charge is 2.01. The first kappa shape index (κ1) is 15.5. The molecule has 2 rings (SSSR count). The molecule has 0 fully saturated rings. The molecule has 0 radical (unpaired) electrons. The molecule has 2 aromatic rings. The number of anilines is 1. The Morgan fingerprint density at radius 2 is 2.05 bits per heavy atom. The smallest absolute Gasteiger partial charge is 0.170 e. The lowest BCUT2D eigenvalue weighted by atomic mass is 10.1. The number of aromatic nitrogens is 2. The Hall–Kier alpha value is -1.88. The van der Waals surface area contributed by atoms with E-state index >= 15 is 0 Å². The fourth-order valence-electron chi connectivity index (χ4n) is 2.15. The second kappa shape index (κ2) is 7.22. The van der Waals surface area contributed by atoms with Crippen molar-refractivity contribution in [1.29, 1.82) is 0 Å². The third-order valence-corrected chi connectivity index (χ3v) is 3.49. The summed E-state index contributed by atoms with van der Waals surface area (Å²) in [5.74, 6) is 0. The first-order chi connectivity index (χ1) is 10.0. The summed E-state index contributed by atoms with van der Waals surface area (Å²) in [5, 5.41) is 11.4. The first-order valence-corrected chi connectivity index (χ1v) is 7.56. The number of rotatable bonds is 5. The molecule has 0 saturated carbocycles. The van der Waals surface area contributed by atoms with Gasteiger partial charge in [-0.2, -0.15) is 5.10 Å². The van der Waals surface area contributed by atoms with Gasteiger partial charge in [-0.25, -0.2) is 0 Å². The van der Waals surface area contributed by atoms with Crippen LogP contribution in [0.3, 0.4) is 0 Å². The largest absolute Gasteiger partial charge is 0.362 e. The Morgan fingerprint density at radius 1 is 1.24 bits per heavy atom. The minimum absolute atomic E-state index is 0.665. The maximum absolute atomic E-state index is 5.32. The monoisotopic (exact) mass is 302 g/mol. The van der Waals surface area contributed by atoms with Crippen molar-refractivity contribution in [3.63, 3.8) is 0 Å². The van der Waals surface area contributed by atoms with E-state index in [1.807, 2.05) is 24.0 Å². The minimum atomic E-state index is 0.665. The third kappa shape index (κ3) is 4.86. The van der Waals surface area contributed by atoms with Gasteiger partial charge in [0.15, 0.2) is 5.11 Å². The van der Waals surface area contributed by atoms with Gasteiger partial charge >= 0.3 is 0 Å². The summed E-state index contributed by atoms with van der Waals surface area (Å²) < 4.78 is 1.96. The van der Waals surface area contributed by atoms with Crippen molar-refractivity contribution >= 4 is 23.0 Å². The lowest BCUT2D eigenvalue weighted by Crippen LogP contribution is -2.30. The van der Waals surface area contributed by atoms with Crippen LogP contribution in [0.4, 0.5) is 5.69 Å². The van der Waals surface area contributed by atoms with E-state index < -0.39 is 0 Å². The van der Waals surface area contributed by atoms with Crippen molar-refractivity contribution in [3.8, 4) is 0 Å². The molecule has 0 atom stereocenters. The molecule has 1 aromatic carbocycles. The lowest BCUT2D eigenvalue weighted by molar-refractivity contribution is 0.573. The van der Waals surface area contributed by atoms with Crippen LogP contribution in [0.1, 0.15) is 23.1 Å². The van der Waals surface area contributed by atoms with Crippen molar-refractivity contribution in [2.24, 2.45) is 0 Å². The zero-order chi connectivity index (χ0) is 15.2. The van der Waals surface area contributed by atoms with Gasteiger partial charge in [0.05, 0.1) is 6.20 Å². The molecule has 1 heterocycles. The molecule has 0 unspecified atom stereocenters. The number of aryl methyl sites for hydroxylation is 4. The van der Waals surface area contributed by atoms with E-state index in [0.717, 1.165) is 25.2 Å². The minimum Gasteiger partial charge on any atom is -0.362 e. The molecule has 0 saturated heterocycles. The predicted octanol–water partition coefficient (Wildman–Crippen LogP) is 3.19. The van der Waals surface area contributed by atoms with E-state index in [4.69, 9.17) is 12.2 Å². The zero-order valence-corrected chi connectivity index (χ0v) is 13.6. The molecule has 0 aliphatic heterocycles. The average Bonchev–Trinajstić information content (AvgIpc) is 2.84. The van der Waals surface area contributed by atoms with Gasteiger partial charge in [0.25, 0.3) is 0 Å². The van der Waals surface area contributed by atoms with Crippen LogP contribution < -0.4 is 10.6 Å². The highest BCUT2D eigenvalue weighted by Crippen LogP contribution is 2.15. The number of hydrogen-bond donors (Lipinski definition) is 2. The fraction of sp³-hybridized carbons (Fsp3) is 0.375. The molecule has 0 aliphatic carbocycles. The summed E-state index contributed by atoms with van der Waals surface area (Å²) in [6, 6.07) is 6.29. The quantitative estimate of drug-likeness (QED) is 0.657. The van der Waals surface area contributed by atoms with Crippen LogP contribution >= 0.6 is 12.2 Å². The van der Waals surface area contributed by atoms with Gasteiger partial charge in [-0.1, -0.05) is 17.7 Å². The predicted molar refractivity (Wildman–Crippen MR) is 91.7 cm³/mol. The van der Waals surface area contributed by atoms with E-state index in [-0.39, 0.29) is 0 Å². The van der Waals surface area contributed by atoms with Gasteiger partial charge in [-0.05, 0) is 56.6 Å². The van der Waals surface area contributed by atoms with Crippen LogP contribution in [0, 0.1) is 20.8 Å². The molecular formula is C16H22N4S. The molecule has 21 heavy (non-hydrogen) atoms. The van der Waals surface area contributed by atoms with Crippen molar-refractivity contribution in [3.05, 3.63) is 47.3 Å². The van der Waals surface area contributed by atoms with Crippen molar-refractivity contribution in [1.82, 2.24) is 15.1 Å². The summed E-state index contributed by atoms with van der Waals surface area (Å²) in [6.07, 6.45) is 4.90. The topological polar surface area (TPSA) is 41.9 Å². The van der Waals surface area contributed by atoms with Crippen molar-refractivity contribution in [2.45, 2.75) is 33.7 Å². The van der Waals surface area contributed by atoms with E-state index in [0.29, 0.717) is 5.11 Å². The summed E-state index contributed by atoms with van der Waals surface area (Å²) in [7, 11) is 0. The normalized spacial score (nSPS) is 10.4. The summed E-state index contributed by atoms with van der Waals surface area (Å²) in [6.45, 7) is 7.94. The zero-order valence-electron chi connectivity index (χ0n) is 12.8. The molecule has 2 N–H and O–H groups in total. The Labute approximate surface area is 131 Å². The Morgan fingerprint density at radius 3 is 2.71 bits per heavy atom. The number of benzene rings is 1. The lowest BCUT2D eigenvalue weighted by Gasteiger charge is -2.13. The van der Waals surface area contributed by atoms with Gasteiger partial charge in [0.1, 0.15) is 0 Å². The third-order valence-electron chi connectivity index (χ3n) is 3.24. The van der Waals surface area contributed by atoms with Gasteiger partial charge in [0, 0.05) is 25.0 Å². The van der Waals surface area contributed by atoms with Crippen molar-refractivity contribution < 1.29 is 0 Å². The highest BCUT2D eigenvalue weighted by molar-refractivity contribution is 7.80. The number of nitrogens with zero attached hydrogens (tertiary/aromatic N) is 2. The van der Waals surface area contributed by atoms with Gasteiger partial charge in [0.2, 0.25) is 0 Å². The molecule has 5 heteroatoms. The number of hydrogen-bond acceptors (Lipinski definition) is 2. The molecule has 0 spiro atoms. The van der Waals surface area contributed by atoms with Gasteiger partial charge in [-0.3, -0.25) is 4.68 Å². The number of nitrogens with one attached hydrogen (secondary N) is 2. The van der Waals surface area contributed by atoms with Crippen LogP contribution in [-0.2, 0) is 6.54 Å². The molecule has 1 aromatic heterocycles. The van der Waals surface area contributed by atoms with Crippen molar-refractivity contribution in [2.75, 3.05) is 11.9 Å². The second-order valence-corrected chi connectivity index (χ2v) is 5.74.